The minimum absolute atomic E-state index is 0.235. The van der Waals surface area contributed by atoms with Crippen LogP contribution in [0.15, 0.2) is 48.8 Å². The number of likely N-dealkylation sites (tertiary alicyclic amines) is 2. The second kappa shape index (κ2) is 11.4. The molecule has 6 rings (SSSR count). The molecule has 2 aromatic heterocycles. The highest BCUT2D eigenvalue weighted by Crippen LogP contribution is 2.31. The molecule has 3 saturated heterocycles. The number of morpholine rings is 1. The Morgan fingerprint density at radius 1 is 1.07 bits per heavy atom. The highest BCUT2D eigenvalue weighted by atomic mass is 19.3. The van der Waals surface area contributed by atoms with Crippen molar-refractivity contribution in [2.24, 2.45) is 0 Å². The summed E-state index contributed by atoms with van der Waals surface area (Å²) in [7, 11) is 0. The normalized spacial score (nSPS) is 20.5. The number of H-pyrrole nitrogens is 1. The van der Waals surface area contributed by atoms with Gasteiger partial charge in [0.15, 0.2) is 0 Å². The van der Waals surface area contributed by atoms with Gasteiger partial charge in [0.05, 0.1) is 31.7 Å². The Balaban J connectivity index is 1.02. The standard InChI is InChI=1S/C29H33F2N7O4/c30-29(31)17-38(18-29)24(39)2-1-9-36-10-7-28(41,8-11-36)27(40)34-21-5-3-20(4-6-21)23-16-22-25(35-23)32-19-33-26(22)37-12-14-42-15-13-37/h1-6,16,19,41H,7-15,17-18H2,(H,34,40)(H,32,33,35)/b2-1+. The largest absolute Gasteiger partial charge is 0.380 e. The molecule has 3 N–H and O–H groups in total. The second-order valence-electron chi connectivity index (χ2n) is 11.1. The monoisotopic (exact) mass is 581 g/mol. The van der Waals surface area contributed by atoms with Crippen molar-refractivity contribution < 1.29 is 28.2 Å². The molecule has 11 nitrogen and oxygen atoms in total. The van der Waals surface area contributed by atoms with E-state index in [1.54, 1.807) is 24.5 Å². The maximum Gasteiger partial charge on any atom is 0.282 e. The SMILES string of the molecule is O=C(/C=C/CN1CCC(O)(C(=O)Nc2ccc(-c3cc4c(N5CCOCC5)ncnc4[nH]3)cc2)CC1)N1CC(F)(F)C1. The summed E-state index contributed by atoms with van der Waals surface area (Å²) in [5.74, 6) is -2.81. The van der Waals surface area contributed by atoms with Crippen molar-refractivity contribution in [3.8, 4) is 11.3 Å². The molecule has 0 bridgehead atoms. The van der Waals surface area contributed by atoms with E-state index in [-0.39, 0.29) is 12.8 Å². The van der Waals surface area contributed by atoms with Crippen molar-refractivity contribution in [3.63, 3.8) is 0 Å². The minimum atomic E-state index is -2.79. The van der Waals surface area contributed by atoms with Gasteiger partial charge < -0.3 is 29.9 Å². The number of halogens is 2. The van der Waals surface area contributed by atoms with Gasteiger partial charge in [-0.15, -0.1) is 0 Å². The number of amides is 2. The molecule has 2 amide bonds. The molecule has 3 fully saturated rings. The van der Waals surface area contributed by atoms with E-state index in [1.807, 2.05) is 23.1 Å². The predicted octanol–water partition coefficient (Wildman–Crippen LogP) is 2.26. The quantitative estimate of drug-likeness (QED) is 0.363. The van der Waals surface area contributed by atoms with Crippen molar-refractivity contribution in [1.29, 1.82) is 0 Å². The van der Waals surface area contributed by atoms with Gasteiger partial charge in [0.1, 0.15) is 23.4 Å². The number of aromatic amines is 1. The molecule has 0 saturated carbocycles. The maximum absolute atomic E-state index is 13.0. The molecule has 0 unspecified atom stereocenters. The minimum Gasteiger partial charge on any atom is -0.380 e. The fraction of sp³-hybridized carbons (Fsp3) is 0.448. The van der Waals surface area contributed by atoms with Gasteiger partial charge in [0, 0.05) is 50.2 Å². The highest BCUT2D eigenvalue weighted by molar-refractivity contribution is 5.97. The summed E-state index contributed by atoms with van der Waals surface area (Å²) >= 11 is 0. The molecule has 0 aliphatic carbocycles. The third-order valence-corrected chi connectivity index (χ3v) is 8.05. The fourth-order valence-electron chi connectivity index (χ4n) is 5.50. The van der Waals surface area contributed by atoms with E-state index in [0.717, 1.165) is 46.1 Å². The number of anilines is 2. The Morgan fingerprint density at radius 3 is 2.48 bits per heavy atom. The summed E-state index contributed by atoms with van der Waals surface area (Å²) < 4.78 is 31.3. The molecule has 42 heavy (non-hydrogen) atoms. The molecule has 0 atom stereocenters. The Hall–Kier alpha value is -3.94. The molecule has 1 aromatic carbocycles. The van der Waals surface area contributed by atoms with E-state index in [4.69, 9.17) is 4.74 Å². The summed E-state index contributed by atoms with van der Waals surface area (Å²) in [5.41, 5.74) is 1.60. The molecule has 222 valence electrons. The van der Waals surface area contributed by atoms with Gasteiger partial charge in [-0.1, -0.05) is 18.2 Å². The van der Waals surface area contributed by atoms with Gasteiger partial charge in [-0.2, -0.15) is 0 Å². The fourth-order valence-corrected chi connectivity index (χ4v) is 5.50. The van der Waals surface area contributed by atoms with Crippen LogP contribution in [0.3, 0.4) is 0 Å². The van der Waals surface area contributed by atoms with Crippen molar-refractivity contribution in [2.45, 2.75) is 24.4 Å². The van der Waals surface area contributed by atoms with Crippen molar-refractivity contribution in [1.82, 2.24) is 24.8 Å². The third kappa shape index (κ3) is 5.98. The first-order valence-corrected chi connectivity index (χ1v) is 14.1. The van der Waals surface area contributed by atoms with E-state index in [9.17, 15) is 23.5 Å². The summed E-state index contributed by atoms with van der Waals surface area (Å²) in [5, 5.41) is 14.8. The molecule has 0 radical (unpaired) electrons. The molecule has 3 aliphatic heterocycles. The van der Waals surface area contributed by atoms with Crippen LogP contribution in [0.5, 0.6) is 0 Å². The summed E-state index contributed by atoms with van der Waals surface area (Å²) in [6.07, 6.45) is 4.96. The van der Waals surface area contributed by atoms with Crippen molar-refractivity contribution in [2.75, 3.05) is 69.2 Å². The lowest BCUT2D eigenvalue weighted by molar-refractivity contribution is -0.160. The third-order valence-electron chi connectivity index (χ3n) is 8.05. The van der Waals surface area contributed by atoms with E-state index in [0.29, 0.717) is 38.5 Å². The Kier molecular flexibility index (Phi) is 7.64. The Bertz CT molecular complexity index is 1470. The molecule has 3 aliphatic rings. The van der Waals surface area contributed by atoms with Gasteiger partial charge in [0.2, 0.25) is 5.91 Å². The molecular formula is C29H33F2N7O4. The van der Waals surface area contributed by atoms with Crippen LogP contribution in [0.1, 0.15) is 12.8 Å². The number of aliphatic hydroxyl groups is 1. The first kappa shape index (κ1) is 28.2. The number of alkyl halides is 2. The number of nitrogens with one attached hydrogen (secondary N) is 2. The van der Waals surface area contributed by atoms with Crippen LogP contribution in [0.4, 0.5) is 20.3 Å². The average Bonchev–Trinajstić information content (AvgIpc) is 3.42. The predicted molar refractivity (Wildman–Crippen MR) is 152 cm³/mol. The first-order chi connectivity index (χ1) is 20.2. The van der Waals surface area contributed by atoms with Gasteiger partial charge in [-0.05, 0) is 36.6 Å². The Labute approximate surface area is 241 Å². The molecule has 13 heteroatoms. The van der Waals surface area contributed by atoms with Crippen molar-refractivity contribution >= 4 is 34.4 Å². The maximum atomic E-state index is 13.0. The average molecular weight is 582 g/mol. The lowest BCUT2D eigenvalue weighted by Crippen LogP contribution is -2.58. The zero-order valence-corrected chi connectivity index (χ0v) is 23.1. The Morgan fingerprint density at radius 2 is 1.79 bits per heavy atom. The second-order valence-corrected chi connectivity index (χ2v) is 11.1. The number of rotatable bonds is 7. The van der Waals surface area contributed by atoms with Gasteiger partial charge in [-0.3, -0.25) is 14.5 Å². The van der Waals surface area contributed by atoms with Crippen LogP contribution in [-0.2, 0) is 14.3 Å². The number of carbonyl (C=O) groups is 2. The topological polar surface area (TPSA) is 127 Å². The van der Waals surface area contributed by atoms with Crippen LogP contribution < -0.4 is 10.2 Å². The van der Waals surface area contributed by atoms with Crippen LogP contribution in [0, 0.1) is 0 Å². The van der Waals surface area contributed by atoms with Gasteiger partial charge in [0.25, 0.3) is 11.8 Å². The molecule has 3 aromatic rings. The number of aromatic nitrogens is 3. The number of benzene rings is 1. The zero-order chi connectivity index (χ0) is 29.3. The summed E-state index contributed by atoms with van der Waals surface area (Å²) in [4.78, 5) is 42.4. The van der Waals surface area contributed by atoms with Crippen LogP contribution in [-0.4, -0.2) is 112 Å². The number of nitrogens with zero attached hydrogens (tertiary/aromatic N) is 5. The van der Waals surface area contributed by atoms with Gasteiger partial charge >= 0.3 is 0 Å². The van der Waals surface area contributed by atoms with Crippen LogP contribution in [0.2, 0.25) is 0 Å². The smallest absolute Gasteiger partial charge is 0.282 e. The zero-order valence-electron chi connectivity index (χ0n) is 23.1. The van der Waals surface area contributed by atoms with E-state index in [2.05, 4.69) is 25.2 Å². The molecule has 5 heterocycles. The number of carbonyl (C=O) groups excluding carboxylic acids is 2. The number of fused-ring (bicyclic) bond motifs is 1. The van der Waals surface area contributed by atoms with E-state index < -0.39 is 36.4 Å². The lowest BCUT2D eigenvalue weighted by Gasteiger charge is -2.38. The molecular weight excluding hydrogens is 548 g/mol. The number of ether oxygens (including phenoxy) is 1. The van der Waals surface area contributed by atoms with Crippen molar-refractivity contribution in [3.05, 3.63) is 48.8 Å². The summed E-state index contributed by atoms with van der Waals surface area (Å²) in [6.45, 7) is 3.13. The van der Waals surface area contributed by atoms with Crippen LogP contribution in [0.25, 0.3) is 22.3 Å². The van der Waals surface area contributed by atoms with Crippen LogP contribution >= 0.6 is 0 Å². The van der Waals surface area contributed by atoms with E-state index in [1.165, 1.54) is 6.08 Å². The van der Waals surface area contributed by atoms with E-state index >= 15 is 0 Å². The highest BCUT2D eigenvalue weighted by Gasteiger charge is 2.45. The lowest BCUT2D eigenvalue weighted by atomic mass is 9.90. The molecule has 0 spiro atoms. The number of hydrogen-bond donors (Lipinski definition) is 3. The van der Waals surface area contributed by atoms with Gasteiger partial charge in [-0.25, -0.2) is 18.7 Å². The first-order valence-electron chi connectivity index (χ1n) is 14.1. The number of hydrogen-bond acceptors (Lipinski definition) is 8. The number of piperidine rings is 1. The summed E-state index contributed by atoms with van der Waals surface area (Å²) in [6, 6.07) is 9.40.